The highest BCUT2D eigenvalue weighted by molar-refractivity contribution is 5.76. The first-order valence-electron chi connectivity index (χ1n) is 7.08. The quantitative estimate of drug-likeness (QED) is 0.765. The van der Waals surface area contributed by atoms with E-state index < -0.39 is 0 Å². The summed E-state index contributed by atoms with van der Waals surface area (Å²) in [5, 5.41) is 11.2. The van der Waals surface area contributed by atoms with Gasteiger partial charge in [0, 0.05) is 39.2 Å². The molecular formula is C14H25N5O. The summed E-state index contributed by atoms with van der Waals surface area (Å²) in [6.45, 7) is 5.20. The average molecular weight is 279 g/mol. The fraction of sp³-hybridized carbons (Fsp3) is 0.643. The van der Waals surface area contributed by atoms with Crippen LogP contribution in [0.3, 0.4) is 0 Å². The van der Waals surface area contributed by atoms with Crippen LogP contribution in [0.4, 0.5) is 5.82 Å². The van der Waals surface area contributed by atoms with Gasteiger partial charge in [-0.15, -0.1) is 5.10 Å². The Morgan fingerprint density at radius 1 is 1.25 bits per heavy atom. The van der Waals surface area contributed by atoms with Crippen molar-refractivity contribution >= 4 is 11.7 Å². The molecule has 6 nitrogen and oxygen atoms in total. The molecule has 0 aromatic carbocycles. The molecule has 1 rings (SSSR count). The van der Waals surface area contributed by atoms with Crippen LogP contribution in [0, 0.1) is 0 Å². The maximum Gasteiger partial charge on any atom is 0.221 e. The van der Waals surface area contributed by atoms with Gasteiger partial charge < -0.3 is 16.0 Å². The van der Waals surface area contributed by atoms with E-state index in [0.29, 0.717) is 19.5 Å². The van der Waals surface area contributed by atoms with Crippen LogP contribution in [-0.2, 0) is 24.2 Å². The summed E-state index contributed by atoms with van der Waals surface area (Å²) in [4.78, 5) is 13.3. The van der Waals surface area contributed by atoms with Crippen molar-refractivity contribution in [3.63, 3.8) is 0 Å². The predicted octanol–water partition coefficient (Wildman–Crippen LogP) is 0.632. The number of carbonyl (C=O) groups excluding carboxylic acids is 1. The van der Waals surface area contributed by atoms with Crippen molar-refractivity contribution in [3.8, 4) is 0 Å². The molecule has 0 radical (unpaired) electrons. The van der Waals surface area contributed by atoms with Gasteiger partial charge in [-0.1, -0.05) is 13.8 Å². The van der Waals surface area contributed by atoms with Gasteiger partial charge in [0.1, 0.15) is 0 Å². The molecule has 0 bridgehead atoms. The fourth-order valence-corrected chi connectivity index (χ4v) is 2.26. The smallest absolute Gasteiger partial charge is 0.221 e. The minimum Gasteiger partial charge on any atom is -0.359 e. The van der Waals surface area contributed by atoms with Gasteiger partial charge in [-0.2, -0.15) is 5.10 Å². The fourth-order valence-electron chi connectivity index (χ4n) is 2.26. The summed E-state index contributed by atoms with van der Waals surface area (Å²) in [5.41, 5.74) is 9.13. The second kappa shape index (κ2) is 7.79. The molecule has 0 aliphatic heterocycles. The summed E-state index contributed by atoms with van der Waals surface area (Å²) in [7, 11) is 3.55. The average Bonchev–Trinajstić information content (AvgIpc) is 2.50. The second-order valence-corrected chi connectivity index (χ2v) is 4.68. The monoisotopic (exact) mass is 279 g/mol. The van der Waals surface area contributed by atoms with Crippen LogP contribution >= 0.6 is 0 Å². The van der Waals surface area contributed by atoms with E-state index in [1.54, 1.807) is 7.05 Å². The number of aryl methyl sites for hydroxylation is 1. The molecule has 0 spiro atoms. The Morgan fingerprint density at radius 3 is 2.45 bits per heavy atom. The molecule has 0 atom stereocenters. The number of carbonyl (C=O) groups is 1. The number of aromatic nitrogens is 2. The topological polar surface area (TPSA) is 84.1 Å². The van der Waals surface area contributed by atoms with Gasteiger partial charge in [-0.25, -0.2) is 0 Å². The van der Waals surface area contributed by atoms with E-state index in [0.717, 1.165) is 29.9 Å². The summed E-state index contributed by atoms with van der Waals surface area (Å²) < 4.78 is 0. The summed E-state index contributed by atoms with van der Waals surface area (Å²) >= 11 is 0. The first kappa shape index (κ1) is 16.4. The SMILES string of the molecule is CCc1nnc(N(C)CCC(=O)NC)c(CN)c1CC. The minimum absolute atomic E-state index is 0.0139. The number of nitrogens with one attached hydrogen (secondary N) is 1. The zero-order chi connectivity index (χ0) is 15.1. The number of hydrogen-bond acceptors (Lipinski definition) is 5. The lowest BCUT2D eigenvalue weighted by Crippen LogP contribution is -2.28. The molecule has 112 valence electrons. The zero-order valence-corrected chi connectivity index (χ0v) is 12.9. The molecule has 0 saturated heterocycles. The summed E-state index contributed by atoms with van der Waals surface area (Å²) in [5.74, 6) is 0.797. The number of nitrogens with zero attached hydrogens (tertiary/aromatic N) is 3. The molecule has 0 aliphatic rings. The van der Waals surface area contributed by atoms with Gasteiger partial charge >= 0.3 is 0 Å². The van der Waals surface area contributed by atoms with Crippen LogP contribution in [0.25, 0.3) is 0 Å². The molecule has 0 unspecified atom stereocenters. The highest BCUT2D eigenvalue weighted by atomic mass is 16.1. The van der Waals surface area contributed by atoms with Crippen LogP contribution in [0.15, 0.2) is 0 Å². The lowest BCUT2D eigenvalue weighted by Gasteiger charge is -2.22. The third-order valence-corrected chi connectivity index (χ3v) is 3.46. The van der Waals surface area contributed by atoms with E-state index >= 15 is 0 Å². The summed E-state index contributed by atoms with van der Waals surface area (Å²) in [6, 6.07) is 0. The molecule has 0 saturated carbocycles. The Labute approximate surface area is 120 Å². The molecule has 3 N–H and O–H groups in total. The number of nitrogens with two attached hydrogens (primary N) is 1. The van der Waals surface area contributed by atoms with Crippen molar-refractivity contribution in [2.45, 2.75) is 39.7 Å². The minimum atomic E-state index is 0.0139. The maximum atomic E-state index is 11.3. The first-order chi connectivity index (χ1) is 9.58. The largest absolute Gasteiger partial charge is 0.359 e. The molecule has 6 heteroatoms. The maximum absolute atomic E-state index is 11.3. The number of hydrogen-bond donors (Lipinski definition) is 2. The first-order valence-corrected chi connectivity index (χ1v) is 7.08. The van der Waals surface area contributed by atoms with Crippen LogP contribution in [0.5, 0.6) is 0 Å². The molecule has 0 aliphatic carbocycles. The third kappa shape index (κ3) is 3.66. The Bertz CT molecular complexity index is 461. The van der Waals surface area contributed by atoms with Crippen molar-refractivity contribution < 1.29 is 4.79 Å². The zero-order valence-electron chi connectivity index (χ0n) is 12.9. The van der Waals surface area contributed by atoms with E-state index in [1.165, 1.54) is 5.56 Å². The van der Waals surface area contributed by atoms with Crippen molar-refractivity contribution in [3.05, 3.63) is 16.8 Å². The van der Waals surface area contributed by atoms with E-state index in [-0.39, 0.29) is 5.91 Å². The lowest BCUT2D eigenvalue weighted by molar-refractivity contribution is -0.120. The standard InChI is InChI=1S/C14H25N5O/c1-5-10-11(9-15)14(18-17-12(10)6-2)19(4)8-7-13(20)16-3/h5-9,15H2,1-4H3,(H,16,20). The number of anilines is 1. The second-order valence-electron chi connectivity index (χ2n) is 4.68. The van der Waals surface area contributed by atoms with Gasteiger partial charge in [0.05, 0.1) is 5.69 Å². The van der Waals surface area contributed by atoms with Gasteiger partial charge in [-0.05, 0) is 18.4 Å². The predicted molar refractivity (Wildman–Crippen MR) is 80.6 cm³/mol. The third-order valence-electron chi connectivity index (χ3n) is 3.46. The van der Waals surface area contributed by atoms with Gasteiger partial charge in [0.2, 0.25) is 5.91 Å². The van der Waals surface area contributed by atoms with Crippen LogP contribution in [-0.4, -0.2) is 36.7 Å². The Kier molecular flexibility index (Phi) is 6.38. The van der Waals surface area contributed by atoms with Crippen LogP contribution in [0.2, 0.25) is 0 Å². The van der Waals surface area contributed by atoms with E-state index in [2.05, 4.69) is 29.4 Å². The van der Waals surface area contributed by atoms with Crippen LogP contribution < -0.4 is 16.0 Å². The van der Waals surface area contributed by atoms with Crippen molar-refractivity contribution in [2.24, 2.45) is 5.73 Å². The van der Waals surface area contributed by atoms with Gasteiger partial charge in [0.25, 0.3) is 0 Å². The molecule has 1 heterocycles. The van der Waals surface area contributed by atoms with Crippen molar-refractivity contribution in [1.29, 1.82) is 0 Å². The van der Waals surface area contributed by atoms with Crippen molar-refractivity contribution in [2.75, 3.05) is 25.5 Å². The molecule has 0 fully saturated rings. The normalized spacial score (nSPS) is 10.4. The Hall–Kier alpha value is -1.69. The van der Waals surface area contributed by atoms with Crippen LogP contribution in [0.1, 0.15) is 37.1 Å². The molecule has 1 amide bonds. The van der Waals surface area contributed by atoms with E-state index in [9.17, 15) is 4.79 Å². The Morgan fingerprint density at radius 2 is 1.95 bits per heavy atom. The molecule has 1 aromatic rings. The summed E-state index contributed by atoms with van der Waals surface area (Å²) in [6.07, 6.45) is 2.17. The Balaban J connectivity index is 3.02. The van der Waals surface area contributed by atoms with E-state index in [1.807, 2.05) is 11.9 Å². The number of rotatable bonds is 7. The molecule has 20 heavy (non-hydrogen) atoms. The lowest BCUT2D eigenvalue weighted by atomic mass is 10.0. The van der Waals surface area contributed by atoms with Crippen molar-refractivity contribution in [1.82, 2.24) is 15.5 Å². The molecular weight excluding hydrogens is 254 g/mol. The number of amides is 1. The highest BCUT2D eigenvalue weighted by Crippen LogP contribution is 2.22. The highest BCUT2D eigenvalue weighted by Gasteiger charge is 2.16. The van der Waals surface area contributed by atoms with E-state index in [4.69, 9.17) is 5.73 Å². The molecule has 1 aromatic heterocycles. The van der Waals surface area contributed by atoms with Gasteiger partial charge in [-0.3, -0.25) is 4.79 Å². The van der Waals surface area contributed by atoms with Gasteiger partial charge in [0.15, 0.2) is 5.82 Å².